The van der Waals surface area contributed by atoms with Gasteiger partial charge in [-0.3, -0.25) is 0 Å². The molecule has 0 aliphatic heterocycles. The Bertz CT molecular complexity index is 197. The monoisotopic (exact) mass is 175 g/mol. The summed E-state index contributed by atoms with van der Waals surface area (Å²) in [4.78, 5) is 1.30. The van der Waals surface area contributed by atoms with Crippen molar-refractivity contribution in [2.45, 2.75) is 13.5 Å². The van der Waals surface area contributed by atoms with E-state index in [1.165, 1.54) is 4.88 Å². The summed E-state index contributed by atoms with van der Waals surface area (Å²) in [7, 11) is 0. The molecule has 0 saturated heterocycles. The molecule has 0 radical (unpaired) electrons. The first kappa shape index (κ1) is 8.05. The highest BCUT2D eigenvalue weighted by atomic mass is 35.5. The SMILES string of the molecule is CCNCc1cc(Cl)cs1. The first-order valence-electron chi connectivity index (χ1n) is 3.26. The van der Waals surface area contributed by atoms with E-state index in [9.17, 15) is 0 Å². The average molecular weight is 176 g/mol. The van der Waals surface area contributed by atoms with Crippen molar-refractivity contribution >= 4 is 22.9 Å². The van der Waals surface area contributed by atoms with E-state index in [-0.39, 0.29) is 0 Å². The minimum absolute atomic E-state index is 0.845. The zero-order valence-corrected chi connectivity index (χ0v) is 7.43. The fraction of sp³-hybridized carbons (Fsp3) is 0.429. The highest BCUT2D eigenvalue weighted by Crippen LogP contribution is 2.18. The van der Waals surface area contributed by atoms with Crippen molar-refractivity contribution in [3.05, 3.63) is 21.3 Å². The molecule has 10 heavy (non-hydrogen) atoms. The molecule has 0 fully saturated rings. The number of halogens is 1. The van der Waals surface area contributed by atoms with Crippen LogP contribution in [0.5, 0.6) is 0 Å². The second kappa shape index (κ2) is 3.96. The summed E-state index contributed by atoms with van der Waals surface area (Å²) in [6.07, 6.45) is 0. The second-order valence-corrected chi connectivity index (χ2v) is 3.44. The number of hydrogen-bond acceptors (Lipinski definition) is 2. The van der Waals surface area contributed by atoms with Gasteiger partial charge in [-0.1, -0.05) is 18.5 Å². The minimum atomic E-state index is 0.845. The van der Waals surface area contributed by atoms with E-state index in [2.05, 4.69) is 12.2 Å². The minimum Gasteiger partial charge on any atom is -0.312 e. The second-order valence-electron chi connectivity index (χ2n) is 2.01. The van der Waals surface area contributed by atoms with Crippen LogP contribution in [0.1, 0.15) is 11.8 Å². The van der Waals surface area contributed by atoms with Crippen LogP contribution in [0.4, 0.5) is 0 Å². The van der Waals surface area contributed by atoms with Crippen molar-refractivity contribution in [1.29, 1.82) is 0 Å². The lowest BCUT2D eigenvalue weighted by Crippen LogP contribution is -2.10. The quantitative estimate of drug-likeness (QED) is 0.745. The molecule has 0 aromatic carbocycles. The Hall–Kier alpha value is -0.0500. The van der Waals surface area contributed by atoms with E-state index in [1.807, 2.05) is 11.4 Å². The van der Waals surface area contributed by atoms with E-state index in [0.29, 0.717) is 0 Å². The normalized spacial score (nSPS) is 10.2. The van der Waals surface area contributed by atoms with Crippen LogP contribution in [0.2, 0.25) is 5.02 Å². The lowest BCUT2D eigenvalue weighted by Gasteiger charge is -1.94. The maximum Gasteiger partial charge on any atom is 0.0516 e. The van der Waals surface area contributed by atoms with E-state index < -0.39 is 0 Å². The third-order valence-corrected chi connectivity index (χ3v) is 2.46. The van der Waals surface area contributed by atoms with Gasteiger partial charge in [-0.15, -0.1) is 11.3 Å². The molecule has 1 rings (SSSR count). The molecule has 1 N–H and O–H groups in total. The van der Waals surface area contributed by atoms with Gasteiger partial charge < -0.3 is 5.32 Å². The van der Waals surface area contributed by atoms with Crippen LogP contribution < -0.4 is 5.32 Å². The molecule has 0 unspecified atom stereocenters. The lowest BCUT2D eigenvalue weighted by molar-refractivity contribution is 0.735. The van der Waals surface area contributed by atoms with Crippen molar-refractivity contribution in [2.75, 3.05) is 6.54 Å². The van der Waals surface area contributed by atoms with Gasteiger partial charge in [0.15, 0.2) is 0 Å². The molecule has 1 aromatic rings. The van der Waals surface area contributed by atoms with Gasteiger partial charge in [-0.25, -0.2) is 0 Å². The molecule has 0 atom stereocenters. The molecular formula is C7H10ClNS. The summed E-state index contributed by atoms with van der Waals surface area (Å²) in [5, 5.41) is 6.03. The van der Waals surface area contributed by atoms with Crippen molar-refractivity contribution in [3.63, 3.8) is 0 Å². The fourth-order valence-electron chi connectivity index (χ4n) is 0.695. The summed E-state index contributed by atoms with van der Waals surface area (Å²) in [5.41, 5.74) is 0. The molecule has 0 saturated carbocycles. The molecule has 0 bridgehead atoms. The number of rotatable bonds is 3. The Morgan fingerprint density at radius 3 is 3.00 bits per heavy atom. The van der Waals surface area contributed by atoms with Crippen molar-refractivity contribution in [2.24, 2.45) is 0 Å². The van der Waals surface area contributed by atoms with Gasteiger partial charge in [0.2, 0.25) is 0 Å². The van der Waals surface area contributed by atoms with Gasteiger partial charge in [0, 0.05) is 16.8 Å². The van der Waals surface area contributed by atoms with Gasteiger partial charge in [-0.05, 0) is 12.6 Å². The van der Waals surface area contributed by atoms with Crippen LogP contribution in [-0.2, 0) is 6.54 Å². The molecule has 1 aromatic heterocycles. The highest BCUT2D eigenvalue weighted by Gasteiger charge is 1.94. The van der Waals surface area contributed by atoms with Crippen LogP contribution in [0.15, 0.2) is 11.4 Å². The third-order valence-electron chi connectivity index (χ3n) is 1.17. The van der Waals surface area contributed by atoms with E-state index in [0.717, 1.165) is 18.1 Å². The summed E-state index contributed by atoms with van der Waals surface area (Å²) < 4.78 is 0. The van der Waals surface area contributed by atoms with E-state index in [4.69, 9.17) is 11.6 Å². The molecular weight excluding hydrogens is 166 g/mol. The summed E-state index contributed by atoms with van der Waals surface area (Å²) in [6.45, 7) is 4.04. The van der Waals surface area contributed by atoms with Crippen LogP contribution in [-0.4, -0.2) is 6.54 Å². The molecule has 56 valence electrons. The Morgan fingerprint density at radius 1 is 1.70 bits per heavy atom. The van der Waals surface area contributed by atoms with Gasteiger partial charge in [0.05, 0.1) is 5.02 Å². The zero-order chi connectivity index (χ0) is 7.40. The smallest absolute Gasteiger partial charge is 0.0516 e. The standard InChI is InChI=1S/C7H10ClNS/c1-2-9-4-7-3-6(8)5-10-7/h3,5,9H,2,4H2,1H3. The maximum atomic E-state index is 5.72. The van der Waals surface area contributed by atoms with Crippen LogP contribution in [0.25, 0.3) is 0 Å². The summed E-state index contributed by atoms with van der Waals surface area (Å²) in [5.74, 6) is 0. The topological polar surface area (TPSA) is 12.0 Å². The van der Waals surface area contributed by atoms with Crippen LogP contribution >= 0.6 is 22.9 Å². The largest absolute Gasteiger partial charge is 0.312 e. The van der Waals surface area contributed by atoms with Crippen molar-refractivity contribution in [1.82, 2.24) is 5.32 Å². The molecule has 0 spiro atoms. The number of hydrogen-bond donors (Lipinski definition) is 1. The van der Waals surface area contributed by atoms with E-state index >= 15 is 0 Å². The Morgan fingerprint density at radius 2 is 2.50 bits per heavy atom. The fourth-order valence-corrected chi connectivity index (χ4v) is 1.74. The highest BCUT2D eigenvalue weighted by molar-refractivity contribution is 7.10. The van der Waals surface area contributed by atoms with Gasteiger partial charge >= 0.3 is 0 Å². The van der Waals surface area contributed by atoms with E-state index in [1.54, 1.807) is 11.3 Å². The molecule has 0 aliphatic carbocycles. The number of nitrogens with one attached hydrogen (secondary N) is 1. The lowest BCUT2D eigenvalue weighted by atomic mass is 10.4. The summed E-state index contributed by atoms with van der Waals surface area (Å²) >= 11 is 7.42. The van der Waals surface area contributed by atoms with Crippen molar-refractivity contribution in [3.8, 4) is 0 Å². The Balaban J connectivity index is 2.42. The molecule has 3 heteroatoms. The average Bonchev–Trinajstić information content (AvgIpc) is 2.31. The maximum absolute atomic E-state index is 5.72. The van der Waals surface area contributed by atoms with Crippen LogP contribution in [0, 0.1) is 0 Å². The molecule has 1 heterocycles. The first-order chi connectivity index (χ1) is 4.83. The molecule has 0 aliphatic rings. The molecule has 0 amide bonds. The van der Waals surface area contributed by atoms with Gasteiger partial charge in [0.1, 0.15) is 0 Å². The third kappa shape index (κ3) is 2.29. The number of thiophene rings is 1. The zero-order valence-electron chi connectivity index (χ0n) is 5.86. The predicted octanol–water partition coefficient (Wildman–Crippen LogP) is 2.51. The first-order valence-corrected chi connectivity index (χ1v) is 4.52. The van der Waals surface area contributed by atoms with Gasteiger partial charge in [-0.2, -0.15) is 0 Å². The predicted molar refractivity (Wildman–Crippen MR) is 46.7 cm³/mol. The van der Waals surface area contributed by atoms with Crippen LogP contribution in [0.3, 0.4) is 0 Å². The van der Waals surface area contributed by atoms with Gasteiger partial charge in [0.25, 0.3) is 0 Å². The Labute approximate surface area is 70.0 Å². The Kier molecular flexibility index (Phi) is 3.19. The molecule has 1 nitrogen and oxygen atoms in total. The van der Waals surface area contributed by atoms with Crippen molar-refractivity contribution < 1.29 is 0 Å². The summed E-state index contributed by atoms with van der Waals surface area (Å²) in [6, 6.07) is 1.99.